The summed E-state index contributed by atoms with van der Waals surface area (Å²) in [4.78, 5) is 48.4. The van der Waals surface area contributed by atoms with Crippen LogP contribution in [-0.4, -0.2) is 58.1 Å². The van der Waals surface area contributed by atoms with Crippen molar-refractivity contribution >= 4 is 23.5 Å². The summed E-state index contributed by atoms with van der Waals surface area (Å²) in [6, 6.07) is 0. The molecule has 0 aromatic heterocycles. The van der Waals surface area contributed by atoms with Gasteiger partial charge in [0.25, 0.3) is 0 Å². The van der Waals surface area contributed by atoms with Gasteiger partial charge in [0.15, 0.2) is 12.4 Å². The van der Waals surface area contributed by atoms with E-state index in [2.05, 4.69) is 0 Å². The van der Waals surface area contributed by atoms with Crippen LogP contribution in [0.25, 0.3) is 0 Å². The molecule has 0 saturated heterocycles. The highest BCUT2D eigenvalue weighted by Crippen LogP contribution is 2.67. The molecule has 0 unspecified atom stereocenters. The molecule has 0 amide bonds. The number of hydrogen-bond donors (Lipinski definition) is 2. The third-order valence-electron chi connectivity index (χ3n) is 9.22. The maximum Gasteiger partial charge on any atom is 0.303 e. The quantitative estimate of drug-likeness (QED) is 0.607. The lowest BCUT2D eigenvalue weighted by Crippen LogP contribution is -2.63. The number of rotatable bonds is 4. The van der Waals surface area contributed by atoms with E-state index in [1.165, 1.54) is 13.8 Å². The maximum atomic E-state index is 13.0. The summed E-state index contributed by atoms with van der Waals surface area (Å²) in [6.07, 6.45) is 2.62. The molecule has 182 valence electrons. The molecule has 0 aliphatic heterocycles. The summed E-state index contributed by atoms with van der Waals surface area (Å²) in [5, 5.41) is 23.0. The predicted molar refractivity (Wildman–Crippen MR) is 116 cm³/mol. The molecule has 0 aromatic carbocycles. The number of carbonyl (C=O) groups excluding carboxylic acids is 4. The fourth-order valence-electron chi connectivity index (χ4n) is 7.78. The van der Waals surface area contributed by atoms with E-state index in [4.69, 9.17) is 9.47 Å². The van der Waals surface area contributed by atoms with Gasteiger partial charge in [0, 0.05) is 25.7 Å². The number of aliphatic hydroxyl groups is 2. The molecule has 4 aliphatic rings. The van der Waals surface area contributed by atoms with Crippen LogP contribution in [0.2, 0.25) is 0 Å². The summed E-state index contributed by atoms with van der Waals surface area (Å²) < 4.78 is 10.6. The molecule has 0 heterocycles. The fourth-order valence-corrected chi connectivity index (χ4v) is 7.78. The number of fused-ring (bicyclic) bond motifs is 5. The van der Waals surface area contributed by atoms with Crippen LogP contribution in [0.4, 0.5) is 0 Å². The maximum absolute atomic E-state index is 13.0. The first-order valence-corrected chi connectivity index (χ1v) is 11.8. The van der Waals surface area contributed by atoms with Crippen molar-refractivity contribution in [2.24, 2.45) is 28.6 Å². The Hall–Kier alpha value is -2.06. The van der Waals surface area contributed by atoms with Crippen molar-refractivity contribution in [3.05, 3.63) is 11.6 Å². The monoisotopic (exact) mass is 462 g/mol. The standard InChI is InChI=1S/C25H34O8/c1-13(26)32-12-21(30)25(31)8-6-17-16-10-20(33-14(2)27)18-9-15(28)5-7-23(18,3)22(16)19(29)11-24(17,25)4/h9,16-17,19-20,22,29,31H,5-8,10-12H2,1-4H3/t16-,17-,19-,20-,22+,23-,24-,25-/m0/s1. The van der Waals surface area contributed by atoms with Gasteiger partial charge in [0.05, 0.1) is 6.10 Å². The van der Waals surface area contributed by atoms with E-state index in [0.29, 0.717) is 25.7 Å². The second-order valence-electron chi connectivity index (χ2n) is 10.9. The van der Waals surface area contributed by atoms with Gasteiger partial charge in [-0.3, -0.25) is 19.2 Å². The van der Waals surface area contributed by atoms with Crippen molar-refractivity contribution in [1.29, 1.82) is 0 Å². The van der Waals surface area contributed by atoms with Crippen LogP contribution < -0.4 is 0 Å². The second kappa shape index (κ2) is 8.01. The lowest BCUT2D eigenvalue weighted by atomic mass is 9.45. The fraction of sp³-hybridized carbons (Fsp3) is 0.760. The zero-order valence-corrected chi connectivity index (χ0v) is 19.8. The SMILES string of the molecule is CC(=O)OCC(=O)[C@@]1(O)CC[C@H]2[C@@H]3C[C@H](OC(C)=O)C4=CC(=O)CC[C@]4(C)[C@H]3[C@@H](O)C[C@@]21C. The largest absolute Gasteiger partial charge is 0.458 e. The Morgan fingerprint density at radius 3 is 2.48 bits per heavy atom. The van der Waals surface area contributed by atoms with Crippen molar-refractivity contribution in [1.82, 2.24) is 0 Å². The average Bonchev–Trinajstić information content (AvgIpc) is 2.98. The first-order chi connectivity index (χ1) is 15.3. The van der Waals surface area contributed by atoms with E-state index in [1.54, 1.807) is 6.08 Å². The molecule has 3 saturated carbocycles. The summed E-state index contributed by atoms with van der Waals surface area (Å²) in [7, 11) is 0. The van der Waals surface area contributed by atoms with Crippen LogP contribution in [0.5, 0.6) is 0 Å². The lowest BCUT2D eigenvalue weighted by Gasteiger charge is -2.61. The van der Waals surface area contributed by atoms with Crippen LogP contribution >= 0.6 is 0 Å². The lowest BCUT2D eigenvalue weighted by molar-refractivity contribution is -0.191. The number of carbonyl (C=O) groups is 4. The van der Waals surface area contributed by atoms with Gasteiger partial charge in [-0.25, -0.2) is 0 Å². The van der Waals surface area contributed by atoms with Crippen molar-refractivity contribution in [2.45, 2.75) is 84.0 Å². The summed E-state index contributed by atoms with van der Waals surface area (Å²) >= 11 is 0. The van der Waals surface area contributed by atoms with Crippen LogP contribution in [0, 0.1) is 28.6 Å². The zero-order valence-electron chi connectivity index (χ0n) is 19.8. The molecule has 4 rings (SSSR count). The minimum atomic E-state index is -1.71. The van der Waals surface area contributed by atoms with Gasteiger partial charge in [-0.2, -0.15) is 0 Å². The molecule has 4 aliphatic carbocycles. The van der Waals surface area contributed by atoms with E-state index in [0.717, 1.165) is 5.57 Å². The van der Waals surface area contributed by atoms with E-state index in [1.807, 2.05) is 13.8 Å². The average molecular weight is 463 g/mol. The number of ketones is 2. The van der Waals surface area contributed by atoms with Gasteiger partial charge in [0.1, 0.15) is 11.7 Å². The highest BCUT2D eigenvalue weighted by Gasteiger charge is 2.69. The van der Waals surface area contributed by atoms with E-state index in [9.17, 15) is 29.4 Å². The van der Waals surface area contributed by atoms with Crippen molar-refractivity contribution in [3.63, 3.8) is 0 Å². The summed E-state index contributed by atoms with van der Waals surface area (Å²) in [5.74, 6) is -1.94. The Labute approximate surface area is 193 Å². The molecule has 2 N–H and O–H groups in total. The van der Waals surface area contributed by atoms with Gasteiger partial charge in [-0.1, -0.05) is 13.8 Å². The van der Waals surface area contributed by atoms with Crippen LogP contribution in [0.15, 0.2) is 11.6 Å². The summed E-state index contributed by atoms with van der Waals surface area (Å²) in [5.41, 5.74) is -2.36. The van der Waals surface area contributed by atoms with E-state index < -0.39 is 53.0 Å². The predicted octanol–water partition coefficient (Wildman–Crippen LogP) is 1.89. The molecule has 8 nitrogen and oxygen atoms in total. The van der Waals surface area contributed by atoms with Gasteiger partial charge in [-0.15, -0.1) is 0 Å². The molecule has 8 atom stereocenters. The van der Waals surface area contributed by atoms with Gasteiger partial charge >= 0.3 is 11.9 Å². The van der Waals surface area contributed by atoms with E-state index >= 15 is 0 Å². The molecule has 0 spiro atoms. The van der Waals surface area contributed by atoms with Gasteiger partial charge in [0.2, 0.25) is 5.78 Å². The molecule has 0 aromatic rings. The van der Waals surface area contributed by atoms with Crippen LogP contribution in [-0.2, 0) is 28.7 Å². The first kappa shape index (κ1) is 24.1. The zero-order chi connectivity index (χ0) is 24.3. The number of ether oxygens (including phenoxy) is 2. The molecule has 0 radical (unpaired) electrons. The number of Topliss-reactive ketones (excluding diaryl/α,β-unsaturated/α-hetero) is 1. The molecule has 33 heavy (non-hydrogen) atoms. The minimum absolute atomic E-state index is 0.000441. The molecule has 3 fully saturated rings. The van der Waals surface area contributed by atoms with Crippen molar-refractivity contribution in [3.8, 4) is 0 Å². The molecular formula is C25H34O8. The van der Waals surface area contributed by atoms with Crippen molar-refractivity contribution < 1.29 is 38.9 Å². The third kappa shape index (κ3) is 3.57. The highest BCUT2D eigenvalue weighted by atomic mass is 16.5. The normalized spacial score (nSPS) is 44.1. The topological polar surface area (TPSA) is 127 Å². The van der Waals surface area contributed by atoms with Crippen LogP contribution in [0.1, 0.15) is 66.2 Å². The Balaban J connectivity index is 1.72. The van der Waals surface area contributed by atoms with Gasteiger partial charge in [-0.05, 0) is 66.9 Å². The number of esters is 2. The van der Waals surface area contributed by atoms with E-state index in [-0.39, 0.29) is 36.4 Å². The third-order valence-corrected chi connectivity index (χ3v) is 9.22. The summed E-state index contributed by atoms with van der Waals surface area (Å²) in [6.45, 7) is 5.94. The molecule has 0 bridgehead atoms. The Kier molecular flexibility index (Phi) is 5.85. The number of hydrogen-bond acceptors (Lipinski definition) is 8. The molecule has 8 heteroatoms. The van der Waals surface area contributed by atoms with Crippen LogP contribution in [0.3, 0.4) is 0 Å². The van der Waals surface area contributed by atoms with Crippen molar-refractivity contribution in [2.75, 3.05) is 6.61 Å². The van der Waals surface area contributed by atoms with Gasteiger partial charge < -0.3 is 19.7 Å². The second-order valence-corrected chi connectivity index (χ2v) is 10.9. The Bertz CT molecular complexity index is 923. The molecular weight excluding hydrogens is 428 g/mol. The Morgan fingerprint density at radius 2 is 1.85 bits per heavy atom. The number of aliphatic hydroxyl groups excluding tert-OH is 1. The Morgan fingerprint density at radius 1 is 1.15 bits per heavy atom. The highest BCUT2D eigenvalue weighted by molar-refractivity contribution is 5.92. The minimum Gasteiger partial charge on any atom is -0.458 e. The smallest absolute Gasteiger partial charge is 0.303 e. The first-order valence-electron chi connectivity index (χ1n) is 11.8.